The van der Waals surface area contributed by atoms with E-state index in [9.17, 15) is 14.4 Å². The molecule has 6 rings (SSSR count). The SMILES string of the molecule is CC(=O)N[C@H](Cc1ccccc1)C(=O)N1CCC[C@H]1C(=O)N[C@@H](CCCN=[N+]=[N-])B1O[C@@H]2C[C@@H]3C[C@@H](C3(C)C)[C@]2(C)O1. The lowest BCUT2D eigenvalue weighted by atomic mass is 9.43. The van der Waals surface area contributed by atoms with Crippen molar-refractivity contribution in [2.75, 3.05) is 13.1 Å². The number of hydrogen-bond acceptors (Lipinski definition) is 6. The summed E-state index contributed by atoms with van der Waals surface area (Å²) in [5.41, 5.74) is 9.44. The first kappa shape index (κ1) is 30.4. The molecule has 5 aliphatic rings. The summed E-state index contributed by atoms with van der Waals surface area (Å²) in [6.07, 6.45) is 4.68. The van der Waals surface area contributed by atoms with Crippen molar-refractivity contribution in [2.24, 2.45) is 22.4 Å². The maximum atomic E-state index is 13.8. The number of nitrogens with zero attached hydrogens (tertiary/aromatic N) is 4. The molecule has 0 spiro atoms. The van der Waals surface area contributed by atoms with E-state index < -0.39 is 30.7 Å². The van der Waals surface area contributed by atoms with Crippen LogP contribution in [0.1, 0.15) is 71.8 Å². The van der Waals surface area contributed by atoms with Crippen molar-refractivity contribution in [1.82, 2.24) is 15.5 Å². The topological polar surface area (TPSA) is 146 Å². The highest BCUT2D eigenvalue weighted by Gasteiger charge is 2.68. The Bertz CT molecular complexity index is 1230. The molecule has 2 N–H and O–H groups in total. The fraction of sp³-hybridized carbons (Fsp3) is 0.700. The molecule has 2 bridgehead atoms. The zero-order chi connectivity index (χ0) is 30.1. The highest BCUT2D eigenvalue weighted by Crippen LogP contribution is 2.65. The second-order valence-corrected chi connectivity index (χ2v) is 13.2. The van der Waals surface area contributed by atoms with Gasteiger partial charge >= 0.3 is 7.12 Å². The third-order valence-corrected chi connectivity index (χ3v) is 10.3. The van der Waals surface area contributed by atoms with Crippen LogP contribution in [0.25, 0.3) is 10.4 Å². The zero-order valence-electron chi connectivity index (χ0n) is 25.1. The first-order valence-corrected chi connectivity index (χ1v) is 15.3. The molecule has 226 valence electrons. The van der Waals surface area contributed by atoms with Crippen molar-refractivity contribution in [3.8, 4) is 0 Å². The van der Waals surface area contributed by atoms with Crippen LogP contribution in [0.3, 0.4) is 0 Å². The van der Waals surface area contributed by atoms with Gasteiger partial charge in [-0.3, -0.25) is 14.4 Å². The number of azide groups is 1. The molecule has 3 saturated carbocycles. The van der Waals surface area contributed by atoms with Crippen LogP contribution in [0, 0.1) is 17.3 Å². The summed E-state index contributed by atoms with van der Waals surface area (Å²) in [6, 6.07) is 8.11. The first-order chi connectivity index (χ1) is 20.0. The Balaban J connectivity index is 1.29. The normalized spacial score (nSPS) is 30.4. The molecule has 2 aliphatic heterocycles. The molecule has 0 unspecified atom stereocenters. The van der Waals surface area contributed by atoms with Crippen LogP contribution in [0.15, 0.2) is 35.4 Å². The quantitative estimate of drug-likeness (QED) is 0.136. The molecule has 2 heterocycles. The Hall–Kier alpha value is -3.08. The van der Waals surface area contributed by atoms with E-state index in [2.05, 4.69) is 41.4 Å². The number of rotatable bonds is 11. The van der Waals surface area contributed by atoms with E-state index >= 15 is 0 Å². The molecule has 0 aromatic heterocycles. The van der Waals surface area contributed by atoms with Gasteiger partial charge in [-0.1, -0.05) is 49.3 Å². The van der Waals surface area contributed by atoms with Crippen molar-refractivity contribution in [3.05, 3.63) is 46.3 Å². The molecule has 7 atom stereocenters. The van der Waals surface area contributed by atoms with Gasteiger partial charge in [-0.05, 0) is 73.8 Å². The lowest BCUT2D eigenvalue weighted by Crippen LogP contribution is -2.65. The van der Waals surface area contributed by atoms with Crippen LogP contribution in [0.5, 0.6) is 0 Å². The molecule has 42 heavy (non-hydrogen) atoms. The Morgan fingerprint density at radius 1 is 1.19 bits per heavy atom. The van der Waals surface area contributed by atoms with E-state index in [4.69, 9.17) is 14.8 Å². The minimum absolute atomic E-state index is 0.0308. The van der Waals surface area contributed by atoms with Gasteiger partial charge in [0.05, 0.1) is 17.6 Å². The summed E-state index contributed by atoms with van der Waals surface area (Å²) in [5.74, 6) is -0.283. The fourth-order valence-corrected chi connectivity index (χ4v) is 7.85. The lowest BCUT2D eigenvalue weighted by molar-refractivity contribution is -0.199. The largest absolute Gasteiger partial charge is 0.481 e. The smallest absolute Gasteiger partial charge is 0.404 e. The molecule has 3 aliphatic carbocycles. The van der Waals surface area contributed by atoms with Crippen molar-refractivity contribution < 1.29 is 23.7 Å². The number of likely N-dealkylation sites (tertiary alicyclic amines) is 1. The standard InChI is InChI=1S/C30H43BN6O5/c1-19(38)34-22(16-20-10-6-5-7-11-20)28(40)37-15-9-12-23(37)27(39)35-26(13-8-14-33-36-32)31-41-25-18-21-17-24(29(21,2)3)30(25,4)42-31/h5-7,10-11,21-26H,8-9,12-18H2,1-4H3,(H,34,38)(H,35,39)/t21-,22+,23-,24-,25+,26-,30-/m0/s1. The number of carbonyl (C=O) groups is 3. The van der Waals surface area contributed by atoms with E-state index in [0.717, 1.165) is 18.4 Å². The average Bonchev–Trinajstić information content (AvgIpc) is 3.58. The van der Waals surface area contributed by atoms with Gasteiger partial charge in [0.2, 0.25) is 17.7 Å². The van der Waals surface area contributed by atoms with Crippen LogP contribution < -0.4 is 10.6 Å². The second-order valence-electron chi connectivity index (χ2n) is 13.2. The van der Waals surface area contributed by atoms with Crippen molar-refractivity contribution in [2.45, 2.75) is 102 Å². The van der Waals surface area contributed by atoms with E-state index in [1.165, 1.54) is 6.92 Å². The van der Waals surface area contributed by atoms with Crippen LogP contribution in [0.2, 0.25) is 0 Å². The van der Waals surface area contributed by atoms with Crippen molar-refractivity contribution >= 4 is 24.8 Å². The van der Waals surface area contributed by atoms with E-state index in [0.29, 0.717) is 57.0 Å². The third kappa shape index (κ3) is 5.89. The summed E-state index contributed by atoms with van der Waals surface area (Å²) in [4.78, 5) is 44.0. The summed E-state index contributed by atoms with van der Waals surface area (Å²) < 4.78 is 13.2. The predicted molar refractivity (Wildman–Crippen MR) is 158 cm³/mol. The number of amides is 3. The molecule has 12 heteroatoms. The fourth-order valence-electron chi connectivity index (χ4n) is 7.85. The minimum atomic E-state index is -0.766. The molecule has 3 amide bonds. The van der Waals surface area contributed by atoms with Gasteiger partial charge in [-0.2, -0.15) is 0 Å². The predicted octanol–water partition coefficient (Wildman–Crippen LogP) is 3.57. The molecular formula is C30H43BN6O5. The number of benzene rings is 1. The molecule has 1 aromatic carbocycles. The van der Waals surface area contributed by atoms with Crippen LogP contribution >= 0.6 is 0 Å². The van der Waals surface area contributed by atoms with E-state index in [1.807, 2.05) is 30.3 Å². The summed E-state index contributed by atoms with van der Waals surface area (Å²) in [6.45, 7) is 8.90. The number of nitrogens with one attached hydrogen (secondary N) is 2. The Kier molecular flexibility index (Phi) is 8.87. The lowest BCUT2D eigenvalue weighted by Gasteiger charge is -2.64. The molecule has 2 saturated heterocycles. The van der Waals surface area contributed by atoms with Gasteiger partial charge in [0.15, 0.2) is 0 Å². The van der Waals surface area contributed by atoms with E-state index in [1.54, 1.807) is 4.90 Å². The highest BCUT2D eigenvalue weighted by molar-refractivity contribution is 6.47. The van der Waals surface area contributed by atoms with Gasteiger partial charge < -0.3 is 24.8 Å². The minimum Gasteiger partial charge on any atom is -0.404 e. The Morgan fingerprint density at radius 2 is 1.95 bits per heavy atom. The van der Waals surface area contributed by atoms with Gasteiger partial charge in [0, 0.05) is 31.3 Å². The zero-order valence-corrected chi connectivity index (χ0v) is 25.1. The summed E-state index contributed by atoms with van der Waals surface area (Å²) >= 11 is 0. The average molecular weight is 579 g/mol. The van der Waals surface area contributed by atoms with Gasteiger partial charge in [-0.15, -0.1) is 0 Å². The Morgan fingerprint density at radius 3 is 2.64 bits per heavy atom. The maximum absolute atomic E-state index is 13.8. The molecule has 11 nitrogen and oxygen atoms in total. The van der Waals surface area contributed by atoms with Crippen molar-refractivity contribution in [1.29, 1.82) is 0 Å². The Labute approximate surface area is 248 Å². The maximum Gasteiger partial charge on any atom is 0.481 e. The summed E-state index contributed by atoms with van der Waals surface area (Å²) in [7, 11) is -0.624. The molecular weight excluding hydrogens is 535 g/mol. The number of carbonyl (C=O) groups excluding carboxylic acids is 3. The van der Waals surface area contributed by atoms with Crippen LogP contribution in [0.4, 0.5) is 0 Å². The first-order valence-electron chi connectivity index (χ1n) is 15.3. The summed E-state index contributed by atoms with van der Waals surface area (Å²) in [5, 5.41) is 9.62. The third-order valence-electron chi connectivity index (χ3n) is 10.3. The highest BCUT2D eigenvalue weighted by atomic mass is 16.7. The van der Waals surface area contributed by atoms with Crippen molar-refractivity contribution in [3.63, 3.8) is 0 Å². The molecule has 0 radical (unpaired) electrons. The van der Waals surface area contributed by atoms with E-state index in [-0.39, 0.29) is 29.2 Å². The van der Waals surface area contributed by atoms with Crippen LogP contribution in [-0.4, -0.2) is 72.6 Å². The molecule has 5 fully saturated rings. The molecule has 1 aromatic rings. The van der Waals surface area contributed by atoms with Crippen LogP contribution in [-0.2, 0) is 30.1 Å². The monoisotopic (exact) mass is 578 g/mol. The van der Waals surface area contributed by atoms with Gasteiger partial charge in [0.25, 0.3) is 0 Å². The van der Waals surface area contributed by atoms with Gasteiger partial charge in [0.1, 0.15) is 12.1 Å². The number of hydrogen-bond donors (Lipinski definition) is 2. The second kappa shape index (κ2) is 12.3. The van der Waals surface area contributed by atoms with Gasteiger partial charge in [-0.25, -0.2) is 0 Å².